The fourth-order valence-electron chi connectivity index (χ4n) is 3.91. The Labute approximate surface area is 167 Å². The molecule has 7 nitrogen and oxygen atoms in total. The molecule has 1 N–H and O–H groups in total. The number of likely N-dealkylation sites (tertiary alicyclic amines) is 1. The fourth-order valence-corrected chi connectivity index (χ4v) is 5.04. The molecule has 0 saturated carbocycles. The van der Waals surface area contributed by atoms with Crippen molar-refractivity contribution >= 4 is 27.5 Å². The quantitative estimate of drug-likeness (QED) is 0.811. The Morgan fingerprint density at radius 3 is 2.36 bits per heavy atom. The monoisotopic (exact) mass is 407 g/mol. The summed E-state index contributed by atoms with van der Waals surface area (Å²) >= 11 is 0. The van der Waals surface area contributed by atoms with Gasteiger partial charge in [-0.1, -0.05) is 6.07 Å². The molecule has 2 fully saturated rings. The van der Waals surface area contributed by atoms with Crippen molar-refractivity contribution in [3.05, 3.63) is 29.3 Å². The van der Waals surface area contributed by atoms with Crippen molar-refractivity contribution in [1.82, 2.24) is 9.21 Å². The maximum atomic E-state index is 12.7. The second-order valence-corrected chi connectivity index (χ2v) is 9.80. The Balaban J connectivity index is 1.65. The highest BCUT2D eigenvalue weighted by Crippen LogP contribution is 2.25. The Morgan fingerprint density at radius 2 is 1.75 bits per heavy atom. The molecule has 2 aliphatic heterocycles. The summed E-state index contributed by atoms with van der Waals surface area (Å²) in [6.07, 6.45) is 3.09. The Hall–Kier alpha value is -1.93. The van der Waals surface area contributed by atoms with E-state index in [0.29, 0.717) is 37.2 Å². The van der Waals surface area contributed by atoms with E-state index in [2.05, 4.69) is 5.32 Å². The van der Waals surface area contributed by atoms with Gasteiger partial charge < -0.3 is 10.2 Å². The van der Waals surface area contributed by atoms with Crippen LogP contribution in [0.2, 0.25) is 0 Å². The average Bonchev–Trinajstić information content (AvgIpc) is 3.24. The summed E-state index contributed by atoms with van der Waals surface area (Å²) in [6, 6.07) is 5.41. The lowest BCUT2D eigenvalue weighted by atomic mass is 9.96. The zero-order valence-corrected chi connectivity index (χ0v) is 17.4. The second-order valence-electron chi connectivity index (χ2n) is 7.54. The van der Waals surface area contributed by atoms with Gasteiger partial charge in [0.1, 0.15) is 0 Å². The summed E-state index contributed by atoms with van der Waals surface area (Å²) in [5.74, 6) is -0.229. The van der Waals surface area contributed by atoms with Crippen molar-refractivity contribution in [1.29, 1.82) is 0 Å². The van der Waals surface area contributed by atoms with Gasteiger partial charge in [-0.15, -0.1) is 0 Å². The van der Waals surface area contributed by atoms with E-state index in [1.807, 2.05) is 17.9 Å². The van der Waals surface area contributed by atoms with E-state index < -0.39 is 10.0 Å². The van der Waals surface area contributed by atoms with Gasteiger partial charge in [0.05, 0.1) is 5.75 Å². The van der Waals surface area contributed by atoms with Crippen molar-refractivity contribution in [2.45, 2.75) is 39.5 Å². The van der Waals surface area contributed by atoms with Crippen LogP contribution in [-0.4, -0.2) is 61.4 Å². The van der Waals surface area contributed by atoms with Gasteiger partial charge in [-0.05, 0) is 57.2 Å². The molecule has 3 rings (SSSR count). The maximum absolute atomic E-state index is 12.7. The molecule has 154 valence electrons. The summed E-state index contributed by atoms with van der Waals surface area (Å²) in [4.78, 5) is 27.3. The van der Waals surface area contributed by atoms with E-state index in [9.17, 15) is 18.0 Å². The lowest BCUT2D eigenvalue weighted by Gasteiger charge is -2.30. The number of benzene rings is 1. The zero-order valence-electron chi connectivity index (χ0n) is 16.6. The van der Waals surface area contributed by atoms with Crippen LogP contribution in [0.25, 0.3) is 0 Å². The molecular formula is C20H29N3O4S. The van der Waals surface area contributed by atoms with Gasteiger partial charge in [0.2, 0.25) is 15.9 Å². The summed E-state index contributed by atoms with van der Waals surface area (Å²) in [5, 5.41) is 2.96. The van der Waals surface area contributed by atoms with E-state index in [1.54, 1.807) is 19.1 Å². The number of hydrogen-bond acceptors (Lipinski definition) is 4. The summed E-state index contributed by atoms with van der Waals surface area (Å²) in [6.45, 7) is 5.81. The maximum Gasteiger partial charge on any atom is 0.254 e. The molecule has 0 aliphatic carbocycles. The van der Waals surface area contributed by atoms with Crippen LogP contribution in [0.5, 0.6) is 0 Å². The van der Waals surface area contributed by atoms with Gasteiger partial charge in [-0.3, -0.25) is 9.59 Å². The first kappa shape index (κ1) is 20.8. The standard InChI is InChI=1S/C20H29N3O4S/c1-3-28(26,27)23-13-9-16(10-14-23)19(24)21-18-8-6-7-17(15(18)2)20(25)22-11-4-5-12-22/h6-8,16H,3-5,9-14H2,1-2H3,(H,21,24). The SMILES string of the molecule is CCS(=O)(=O)N1CCC(C(=O)Nc2cccc(C(=O)N3CCCC3)c2C)CC1. The highest BCUT2D eigenvalue weighted by atomic mass is 32.2. The van der Waals surface area contributed by atoms with E-state index in [0.717, 1.165) is 31.5 Å². The van der Waals surface area contributed by atoms with Crippen LogP contribution in [0.4, 0.5) is 5.69 Å². The lowest BCUT2D eigenvalue weighted by molar-refractivity contribution is -0.120. The number of rotatable bonds is 5. The van der Waals surface area contributed by atoms with Gasteiger partial charge in [0, 0.05) is 43.3 Å². The third kappa shape index (κ3) is 4.38. The predicted molar refractivity (Wildman–Crippen MR) is 109 cm³/mol. The molecule has 0 spiro atoms. The number of hydrogen-bond donors (Lipinski definition) is 1. The summed E-state index contributed by atoms with van der Waals surface area (Å²) in [7, 11) is -3.20. The van der Waals surface area contributed by atoms with Crippen molar-refractivity contribution in [2.75, 3.05) is 37.2 Å². The molecule has 1 aromatic rings. The summed E-state index contributed by atoms with van der Waals surface area (Å²) in [5.41, 5.74) is 2.06. The largest absolute Gasteiger partial charge is 0.339 e. The van der Waals surface area contributed by atoms with Crippen LogP contribution < -0.4 is 5.32 Å². The number of amides is 2. The van der Waals surface area contributed by atoms with E-state index >= 15 is 0 Å². The van der Waals surface area contributed by atoms with Crippen molar-refractivity contribution in [2.24, 2.45) is 5.92 Å². The molecule has 2 saturated heterocycles. The molecule has 28 heavy (non-hydrogen) atoms. The van der Waals surface area contributed by atoms with Crippen LogP contribution in [0.3, 0.4) is 0 Å². The minimum absolute atomic E-state index is 0.0178. The molecule has 0 aromatic heterocycles. The molecule has 2 aliphatic rings. The third-order valence-corrected chi connectivity index (χ3v) is 7.68. The molecule has 8 heteroatoms. The topological polar surface area (TPSA) is 86.8 Å². The highest BCUT2D eigenvalue weighted by molar-refractivity contribution is 7.89. The van der Waals surface area contributed by atoms with Crippen LogP contribution in [0.1, 0.15) is 48.5 Å². The van der Waals surface area contributed by atoms with Gasteiger partial charge in [-0.2, -0.15) is 0 Å². The molecule has 0 bridgehead atoms. The first-order valence-electron chi connectivity index (χ1n) is 10.0. The van der Waals surface area contributed by atoms with Gasteiger partial charge in [0.15, 0.2) is 0 Å². The Bertz CT molecular complexity index is 839. The molecule has 0 radical (unpaired) electrons. The average molecular weight is 408 g/mol. The predicted octanol–water partition coefficient (Wildman–Crippen LogP) is 2.23. The second kappa shape index (κ2) is 8.61. The number of carbonyl (C=O) groups is 2. The van der Waals surface area contributed by atoms with Crippen molar-refractivity contribution in [3.63, 3.8) is 0 Å². The number of carbonyl (C=O) groups excluding carboxylic acids is 2. The van der Waals surface area contributed by atoms with Gasteiger partial charge in [0.25, 0.3) is 5.91 Å². The minimum Gasteiger partial charge on any atom is -0.339 e. The van der Waals surface area contributed by atoms with Crippen LogP contribution in [0, 0.1) is 12.8 Å². The molecule has 0 unspecified atom stereocenters. The van der Waals surface area contributed by atoms with Crippen molar-refractivity contribution < 1.29 is 18.0 Å². The first-order chi connectivity index (χ1) is 13.3. The number of sulfonamides is 1. The lowest BCUT2D eigenvalue weighted by Crippen LogP contribution is -2.42. The van der Waals surface area contributed by atoms with E-state index in [-0.39, 0.29) is 23.5 Å². The molecule has 1 aromatic carbocycles. The normalized spacial score (nSPS) is 19.0. The first-order valence-corrected chi connectivity index (χ1v) is 11.6. The van der Waals surface area contributed by atoms with Crippen molar-refractivity contribution in [3.8, 4) is 0 Å². The molecule has 0 atom stereocenters. The number of nitrogens with zero attached hydrogens (tertiary/aromatic N) is 2. The summed E-state index contributed by atoms with van der Waals surface area (Å²) < 4.78 is 25.4. The molecule has 2 heterocycles. The minimum atomic E-state index is -3.20. The van der Waals surface area contributed by atoms with E-state index in [1.165, 1.54) is 4.31 Å². The Morgan fingerprint density at radius 1 is 1.11 bits per heavy atom. The number of anilines is 1. The zero-order chi connectivity index (χ0) is 20.3. The van der Waals surface area contributed by atoms with Crippen LogP contribution >= 0.6 is 0 Å². The van der Waals surface area contributed by atoms with Crippen LogP contribution in [-0.2, 0) is 14.8 Å². The fraction of sp³-hybridized carbons (Fsp3) is 0.600. The Kier molecular flexibility index (Phi) is 6.40. The van der Waals surface area contributed by atoms with Gasteiger partial charge in [-0.25, -0.2) is 12.7 Å². The smallest absolute Gasteiger partial charge is 0.254 e. The number of piperidine rings is 1. The molecular weight excluding hydrogens is 378 g/mol. The highest BCUT2D eigenvalue weighted by Gasteiger charge is 2.30. The third-order valence-electron chi connectivity index (χ3n) is 5.80. The van der Waals surface area contributed by atoms with E-state index in [4.69, 9.17) is 0 Å². The number of nitrogens with one attached hydrogen (secondary N) is 1. The molecule has 2 amide bonds. The van der Waals surface area contributed by atoms with Gasteiger partial charge >= 0.3 is 0 Å². The van der Waals surface area contributed by atoms with Crippen LogP contribution in [0.15, 0.2) is 18.2 Å².